The van der Waals surface area contributed by atoms with Gasteiger partial charge in [-0.25, -0.2) is 0 Å². The van der Waals surface area contributed by atoms with Gasteiger partial charge in [-0.1, -0.05) is 22.0 Å². The Morgan fingerprint density at radius 2 is 2.25 bits per heavy atom. The Morgan fingerprint density at radius 3 is 3.00 bits per heavy atom. The minimum absolute atomic E-state index is 0.203. The molecule has 5 heteroatoms. The number of hydrazone groups is 1. The third-order valence-electron chi connectivity index (χ3n) is 2.54. The molecule has 0 fully saturated rings. The first kappa shape index (κ1) is 11.5. The largest absolute Gasteiger partial charge is 0.375 e. The lowest BCUT2D eigenvalue weighted by atomic mass is 9.90. The Hall–Kier alpha value is -0.940. The number of nitrogens with two attached hydrogens (primary N) is 1. The monoisotopic (exact) mass is 297 g/mol. The van der Waals surface area contributed by atoms with Crippen molar-refractivity contribution in [1.82, 2.24) is 5.43 Å². The van der Waals surface area contributed by atoms with Gasteiger partial charge in [0.05, 0.1) is 5.71 Å². The fourth-order valence-corrected chi connectivity index (χ4v) is 2.26. The zero-order valence-corrected chi connectivity index (χ0v) is 11.1. The molecule has 16 heavy (non-hydrogen) atoms. The summed E-state index contributed by atoms with van der Waals surface area (Å²) in [6, 6.07) is 6.28. The molecule has 0 heterocycles. The average Bonchev–Trinajstić information content (AvgIpc) is 2.26. The Balaban J connectivity index is 2.35. The molecule has 1 aromatic rings. The van der Waals surface area contributed by atoms with Gasteiger partial charge in [0.1, 0.15) is 0 Å². The van der Waals surface area contributed by atoms with Crippen LogP contribution in [0.3, 0.4) is 0 Å². The number of hydrogen-bond donors (Lipinski definition) is 2. The first-order valence-corrected chi connectivity index (χ1v) is 6.28. The van der Waals surface area contributed by atoms with E-state index >= 15 is 0 Å². The fraction of sp³-hybridized carbons (Fsp3) is 0.273. The van der Waals surface area contributed by atoms with Crippen LogP contribution < -0.4 is 11.2 Å². The molecular weight excluding hydrogens is 286 g/mol. The van der Waals surface area contributed by atoms with Crippen LogP contribution in [0.4, 0.5) is 0 Å². The number of halogens is 1. The lowest BCUT2D eigenvalue weighted by molar-refractivity contribution is 0.827. The Bertz CT molecular complexity index is 457. The Kier molecular flexibility index (Phi) is 3.56. The second-order valence-corrected chi connectivity index (χ2v) is 5.05. The highest BCUT2D eigenvalue weighted by atomic mass is 79.9. The minimum atomic E-state index is 0.203. The minimum Gasteiger partial charge on any atom is -0.375 e. The molecule has 3 N–H and O–H groups in total. The maximum Gasteiger partial charge on any atom is 0.184 e. The van der Waals surface area contributed by atoms with Crippen LogP contribution in [0.5, 0.6) is 0 Å². The second kappa shape index (κ2) is 4.93. The smallest absolute Gasteiger partial charge is 0.184 e. The highest BCUT2D eigenvalue weighted by molar-refractivity contribution is 9.10. The topological polar surface area (TPSA) is 50.4 Å². The van der Waals surface area contributed by atoms with Crippen molar-refractivity contribution in [3.8, 4) is 0 Å². The summed E-state index contributed by atoms with van der Waals surface area (Å²) >= 11 is 8.21. The van der Waals surface area contributed by atoms with E-state index in [1.807, 2.05) is 0 Å². The van der Waals surface area contributed by atoms with Crippen LogP contribution in [0.25, 0.3) is 0 Å². The molecule has 2 rings (SSSR count). The van der Waals surface area contributed by atoms with E-state index < -0.39 is 0 Å². The molecule has 0 saturated carbocycles. The Labute approximate surface area is 108 Å². The number of fused-ring (bicyclic) bond motifs is 1. The van der Waals surface area contributed by atoms with Gasteiger partial charge in [0.25, 0.3) is 0 Å². The third kappa shape index (κ3) is 2.59. The van der Waals surface area contributed by atoms with Gasteiger partial charge in [0.15, 0.2) is 5.11 Å². The molecular formula is C11H12BrN3S. The summed E-state index contributed by atoms with van der Waals surface area (Å²) in [4.78, 5) is 0. The summed E-state index contributed by atoms with van der Waals surface area (Å²) in [6.45, 7) is 0. The quantitative estimate of drug-likeness (QED) is 0.618. The highest BCUT2D eigenvalue weighted by Crippen LogP contribution is 2.24. The molecule has 1 aliphatic carbocycles. The molecule has 0 bridgehead atoms. The number of aryl methyl sites for hydroxylation is 1. The SMILES string of the molecule is NC(=S)N/N=C1/CCCc2ccc(Br)cc21. The van der Waals surface area contributed by atoms with Gasteiger partial charge < -0.3 is 5.73 Å². The molecule has 0 aliphatic heterocycles. The van der Waals surface area contributed by atoms with E-state index in [1.165, 1.54) is 11.1 Å². The first-order valence-electron chi connectivity index (χ1n) is 5.07. The second-order valence-electron chi connectivity index (χ2n) is 3.69. The lowest BCUT2D eigenvalue weighted by Crippen LogP contribution is -2.26. The normalized spacial score (nSPS) is 16.9. The molecule has 0 spiro atoms. The van der Waals surface area contributed by atoms with E-state index in [0.717, 1.165) is 29.4 Å². The summed E-state index contributed by atoms with van der Waals surface area (Å²) in [6.07, 6.45) is 3.18. The van der Waals surface area contributed by atoms with E-state index in [9.17, 15) is 0 Å². The van der Waals surface area contributed by atoms with Gasteiger partial charge in [0, 0.05) is 10.0 Å². The zero-order chi connectivity index (χ0) is 11.5. The molecule has 0 aromatic heterocycles. The summed E-state index contributed by atoms with van der Waals surface area (Å²) in [5, 5.41) is 4.45. The van der Waals surface area contributed by atoms with Crippen LogP contribution >= 0.6 is 28.1 Å². The van der Waals surface area contributed by atoms with Crippen molar-refractivity contribution in [2.45, 2.75) is 19.3 Å². The summed E-state index contributed by atoms with van der Waals surface area (Å²) in [5.41, 5.74) is 11.6. The van der Waals surface area contributed by atoms with Gasteiger partial charge in [-0.2, -0.15) is 5.10 Å². The Morgan fingerprint density at radius 1 is 1.44 bits per heavy atom. The van der Waals surface area contributed by atoms with E-state index in [4.69, 9.17) is 18.0 Å². The summed E-state index contributed by atoms with van der Waals surface area (Å²) < 4.78 is 1.07. The van der Waals surface area contributed by atoms with E-state index in [0.29, 0.717) is 0 Å². The zero-order valence-electron chi connectivity index (χ0n) is 8.66. The van der Waals surface area contributed by atoms with Crippen molar-refractivity contribution < 1.29 is 0 Å². The van der Waals surface area contributed by atoms with Crippen molar-refractivity contribution in [3.05, 3.63) is 33.8 Å². The van der Waals surface area contributed by atoms with Crippen LogP contribution in [0, 0.1) is 0 Å². The fourth-order valence-electron chi connectivity index (χ4n) is 1.85. The third-order valence-corrected chi connectivity index (χ3v) is 3.13. The first-order chi connectivity index (χ1) is 7.66. The number of thiocarbonyl (C=S) groups is 1. The number of nitrogens with one attached hydrogen (secondary N) is 1. The number of benzene rings is 1. The predicted octanol–water partition coefficient (Wildman–Crippen LogP) is 2.32. The molecule has 3 nitrogen and oxygen atoms in total. The van der Waals surface area contributed by atoms with E-state index in [2.05, 4.69) is 44.7 Å². The van der Waals surface area contributed by atoms with Crippen LogP contribution in [0.1, 0.15) is 24.0 Å². The maximum atomic E-state index is 5.36. The maximum absolute atomic E-state index is 5.36. The van der Waals surface area contributed by atoms with Gasteiger partial charge in [-0.15, -0.1) is 0 Å². The van der Waals surface area contributed by atoms with Crippen LogP contribution in [0.2, 0.25) is 0 Å². The lowest BCUT2D eigenvalue weighted by Gasteiger charge is -2.18. The van der Waals surface area contributed by atoms with Gasteiger partial charge >= 0.3 is 0 Å². The molecule has 1 aliphatic rings. The molecule has 0 amide bonds. The highest BCUT2D eigenvalue weighted by Gasteiger charge is 2.15. The van der Waals surface area contributed by atoms with Crippen molar-refractivity contribution in [2.24, 2.45) is 10.8 Å². The standard InChI is InChI=1S/C11H12BrN3S/c12-8-5-4-7-2-1-3-10(9(7)6-8)14-15-11(13)16/h4-6H,1-3H2,(H3,13,15,16)/b14-10-. The van der Waals surface area contributed by atoms with Crippen molar-refractivity contribution in [3.63, 3.8) is 0 Å². The number of nitrogens with zero attached hydrogens (tertiary/aromatic N) is 1. The van der Waals surface area contributed by atoms with Crippen LogP contribution in [-0.4, -0.2) is 10.8 Å². The van der Waals surface area contributed by atoms with Gasteiger partial charge in [-0.3, -0.25) is 5.43 Å². The summed E-state index contributed by atoms with van der Waals surface area (Å²) in [7, 11) is 0. The van der Waals surface area contributed by atoms with Gasteiger partial charge in [0.2, 0.25) is 0 Å². The predicted molar refractivity (Wildman–Crippen MR) is 73.5 cm³/mol. The van der Waals surface area contributed by atoms with Crippen LogP contribution in [0.15, 0.2) is 27.8 Å². The molecule has 1 aromatic carbocycles. The molecule has 0 atom stereocenters. The van der Waals surface area contributed by atoms with Gasteiger partial charge in [-0.05, 0) is 49.2 Å². The van der Waals surface area contributed by atoms with E-state index in [1.54, 1.807) is 0 Å². The van der Waals surface area contributed by atoms with Crippen molar-refractivity contribution in [1.29, 1.82) is 0 Å². The molecule has 0 radical (unpaired) electrons. The molecule has 84 valence electrons. The molecule has 0 unspecified atom stereocenters. The van der Waals surface area contributed by atoms with Crippen LogP contribution in [-0.2, 0) is 6.42 Å². The average molecular weight is 298 g/mol. The number of hydrogen-bond acceptors (Lipinski definition) is 2. The van der Waals surface area contributed by atoms with Crippen molar-refractivity contribution >= 4 is 39.0 Å². The van der Waals surface area contributed by atoms with E-state index in [-0.39, 0.29) is 5.11 Å². The molecule has 0 saturated heterocycles. The summed E-state index contributed by atoms with van der Waals surface area (Å²) in [5.74, 6) is 0. The number of rotatable bonds is 1. The van der Waals surface area contributed by atoms with Crippen molar-refractivity contribution in [2.75, 3.05) is 0 Å².